The number of methoxy groups -OCH3 is 1. The third-order valence-electron chi connectivity index (χ3n) is 6.09. The fourth-order valence-electron chi connectivity index (χ4n) is 4.31. The van der Waals surface area contributed by atoms with E-state index in [2.05, 4.69) is 10.3 Å². The minimum absolute atomic E-state index is 0.140. The number of ether oxygens (including phenoxy) is 2. The highest BCUT2D eigenvalue weighted by Gasteiger charge is 2.26. The lowest BCUT2D eigenvalue weighted by Gasteiger charge is -2.31. The Bertz CT molecular complexity index is 1300. The number of amides is 1. The van der Waals surface area contributed by atoms with E-state index in [4.69, 9.17) is 32.7 Å². The first-order valence-corrected chi connectivity index (χ1v) is 12.8. The number of halogens is 2. The van der Waals surface area contributed by atoms with Gasteiger partial charge in [-0.3, -0.25) is 10.1 Å². The van der Waals surface area contributed by atoms with Crippen molar-refractivity contribution in [3.8, 4) is 5.88 Å². The largest absolute Gasteiger partial charge is 0.481 e. The molecule has 1 aliphatic rings. The van der Waals surface area contributed by atoms with Crippen LogP contribution >= 0.6 is 23.2 Å². The number of fused-ring (bicyclic) bond motifs is 1. The highest BCUT2D eigenvalue weighted by atomic mass is 35.5. The molecule has 0 atom stereocenters. The summed E-state index contributed by atoms with van der Waals surface area (Å²) in [4.78, 5) is 33.5. The predicted octanol–water partition coefficient (Wildman–Crippen LogP) is 5.96. The Morgan fingerprint density at radius 1 is 1.11 bits per heavy atom. The van der Waals surface area contributed by atoms with Crippen LogP contribution in [0, 0.1) is 5.92 Å². The van der Waals surface area contributed by atoms with Gasteiger partial charge in [0.2, 0.25) is 5.88 Å². The van der Waals surface area contributed by atoms with Crippen molar-refractivity contribution in [2.45, 2.75) is 39.7 Å². The smallest absolute Gasteiger partial charge is 0.411 e. The van der Waals surface area contributed by atoms with E-state index in [0.29, 0.717) is 57.0 Å². The lowest BCUT2D eigenvalue weighted by molar-refractivity contribution is 0.147. The van der Waals surface area contributed by atoms with E-state index >= 15 is 0 Å². The van der Waals surface area contributed by atoms with Crippen molar-refractivity contribution in [2.75, 3.05) is 37.0 Å². The normalized spacial score (nSPS) is 13.8. The quantitative estimate of drug-likeness (QED) is 0.404. The van der Waals surface area contributed by atoms with Gasteiger partial charge in [0, 0.05) is 34.8 Å². The Labute approximate surface area is 220 Å². The third kappa shape index (κ3) is 5.55. The molecule has 1 N–H and O–H groups in total. The number of rotatable bonds is 7. The van der Waals surface area contributed by atoms with E-state index in [9.17, 15) is 9.59 Å². The summed E-state index contributed by atoms with van der Waals surface area (Å²) in [6, 6.07) is 8.66. The van der Waals surface area contributed by atoms with Crippen LogP contribution < -0.4 is 20.5 Å². The van der Waals surface area contributed by atoms with Crippen molar-refractivity contribution in [2.24, 2.45) is 5.92 Å². The zero-order valence-corrected chi connectivity index (χ0v) is 22.2. The van der Waals surface area contributed by atoms with Gasteiger partial charge in [-0.25, -0.2) is 9.78 Å². The van der Waals surface area contributed by atoms with Gasteiger partial charge in [-0.15, -0.1) is 0 Å². The van der Waals surface area contributed by atoms with E-state index < -0.39 is 6.09 Å². The first kappa shape index (κ1) is 26.1. The molecule has 36 heavy (non-hydrogen) atoms. The van der Waals surface area contributed by atoms with E-state index in [1.807, 2.05) is 18.7 Å². The number of nitrogens with one attached hydrogen (secondary N) is 1. The van der Waals surface area contributed by atoms with Crippen LogP contribution in [-0.2, 0) is 11.3 Å². The SMILES string of the molecule is COc1ccc2c(n1)c(NC(=O)OCC(C)C)c(N1CCCCC1)c(=O)n2Cc1c(Cl)cccc1Cl. The molecule has 2 aromatic heterocycles. The van der Waals surface area contributed by atoms with Crippen LogP contribution in [0.4, 0.5) is 16.2 Å². The molecule has 1 amide bonds. The van der Waals surface area contributed by atoms with Gasteiger partial charge in [-0.05, 0) is 43.4 Å². The molecule has 0 bridgehead atoms. The van der Waals surface area contributed by atoms with E-state index in [0.717, 1.165) is 19.3 Å². The van der Waals surface area contributed by atoms with Gasteiger partial charge in [0.1, 0.15) is 16.9 Å². The minimum Gasteiger partial charge on any atom is -0.481 e. The average molecular weight is 533 g/mol. The Morgan fingerprint density at radius 3 is 2.44 bits per heavy atom. The van der Waals surface area contributed by atoms with E-state index in [-0.39, 0.29) is 24.6 Å². The Balaban J connectivity index is 1.95. The van der Waals surface area contributed by atoms with Crippen molar-refractivity contribution in [3.63, 3.8) is 0 Å². The first-order chi connectivity index (χ1) is 17.3. The summed E-state index contributed by atoms with van der Waals surface area (Å²) in [7, 11) is 1.52. The third-order valence-corrected chi connectivity index (χ3v) is 6.80. The number of benzene rings is 1. The number of pyridine rings is 2. The second-order valence-electron chi connectivity index (χ2n) is 9.20. The second kappa shape index (κ2) is 11.4. The minimum atomic E-state index is -0.640. The highest BCUT2D eigenvalue weighted by molar-refractivity contribution is 6.36. The highest BCUT2D eigenvalue weighted by Crippen LogP contribution is 2.34. The number of carbonyl (C=O) groups excluding carboxylic acids is 1. The maximum absolute atomic E-state index is 14.1. The van der Waals surface area contributed by atoms with E-state index in [1.54, 1.807) is 34.9 Å². The molecule has 1 saturated heterocycles. The Hall–Kier alpha value is -2.97. The molecule has 0 saturated carbocycles. The predicted molar refractivity (Wildman–Crippen MR) is 144 cm³/mol. The van der Waals surface area contributed by atoms with Gasteiger partial charge in [0.25, 0.3) is 5.56 Å². The maximum Gasteiger partial charge on any atom is 0.411 e. The van der Waals surface area contributed by atoms with E-state index in [1.165, 1.54) is 7.11 Å². The van der Waals surface area contributed by atoms with Crippen LogP contribution in [0.25, 0.3) is 11.0 Å². The van der Waals surface area contributed by atoms with Gasteiger partial charge in [-0.1, -0.05) is 43.1 Å². The van der Waals surface area contributed by atoms with Gasteiger partial charge in [0.05, 0.1) is 25.8 Å². The fourth-order valence-corrected chi connectivity index (χ4v) is 4.83. The lowest BCUT2D eigenvalue weighted by Crippen LogP contribution is -2.38. The first-order valence-electron chi connectivity index (χ1n) is 12.0. The summed E-state index contributed by atoms with van der Waals surface area (Å²) in [6.45, 7) is 5.67. The molecule has 3 aromatic rings. The Kier molecular flexibility index (Phi) is 8.26. The molecule has 8 nitrogen and oxygen atoms in total. The maximum atomic E-state index is 14.1. The molecule has 1 fully saturated rings. The molecule has 1 aliphatic heterocycles. The number of aromatic nitrogens is 2. The summed E-state index contributed by atoms with van der Waals surface area (Å²) in [5.41, 5.74) is 1.96. The summed E-state index contributed by atoms with van der Waals surface area (Å²) in [5, 5.41) is 3.75. The number of nitrogens with zero attached hydrogens (tertiary/aromatic N) is 3. The molecule has 4 rings (SSSR count). The zero-order valence-electron chi connectivity index (χ0n) is 20.6. The van der Waals surface area contributed by atoms with Crippen LogP contribution in [0.15, 0.2) is 35.1 Å². The van der Waals surface area contributed by atoms with Crippen LogP contribution in [0.1, 0.15) is 38.7 Å². The fraction of sp³-hybridized carbons (Fsp3) is 0.423. The van der Waals surface area contributed by atoms with Crippen molar-refractivity contribution in [1.29, 1.82) is 0 Å². The number of hydrogen-bond acceptors (Lipinski definition) is 6. The van der Waals surface area contributed by atoms with Gasteiger partial charge < -0.3 is 18.9 Å². The molecule has 0 radical (unpaired) electrons. The molecular weight excluding hydrogens is 503 g/mol. The van der Waals surface area contributed by atoms with Crippen molar-refractivity contribution in [1.82, 2.24) is 9.55 Å². The average Bonchev–Trinajstić information content (AvgIpc) is 2.87. The summed E-state index contributed by atoms with van der Waals surface area (Å²) in [6.07, 6.45) is 2.32. The number of piperidine rings is 1. The molecule has 0 spiro atoms. The lowest BCUT2D eigenvalue weighted by atomic mass is 10.1. The number of carbonyl (C=O) groups is 1. The molecule has 0 aliphatic carbocycles. The molecule has 192 valence electrons. The topological polar surface area (TPSA) is 85.7 Å². The van der Waals surface area contributed by atoms with Crippen LogP contribution in [0.3, 0.4) is 0 Å². The van der Waals surface area contributed by atoms with Gasteiger partial charge in [0.15, 0.2) is 0 Å². The van der Waals surface area contributed by atoms with Crippen LogP contribution in [0.5, 0.6) is 5.88 Å². The van der Waals surface area contributed by atoms with Gasteiger partial charge >= 0.3 is 6.09 Å². The standard InChI is InChI=1S/C26H30Cl2N4O4/c1-16(2)15-36-26(34)30-23-22-20(10-11-21(29-22)35-3)32(14-17-18(27)8-7-9-19(17)28)25(33)24(23)31-12-5-4-6-13-31/h7-11,16H,4-6,12-15H2,1-3H3,(H,30,34). The summed E-state index contributed by atoms with van der Waals surface area (Å²) in [5.74, 6) is 0.521. The number of hydrogen-bond donors (Lipinski definition) is 1. The summed E-state index contributed by atoms with van der Waals surface area (Å²) >= 11 is 12.9. The van der Waals surface area contributed by atoms with Gasteiger partial charge in [-0.2, -0.15) is 0 Å². The van der Waals surface area contributed by atoms with Crippen molar-refractivity contribution >= 4 is 51.7 Å². The molecular formula is C26H30Cl2N4O4. The van der Waals surface area contributed by atoms with Crippen molar-refractivity contribution < 1.29 is 14.3 Å². The van der Waals surface area contributed by atoms with Crippen molar-refractivity contribution in [3.05, 3.63) is 56.3 Å². The molecule has 0 unspecified atom stereocenters. The summed E-state index contributed by atoms with van der Waals surface area (Å²) < 4.78 is 12.4. The number of anilines is 2. The second-order valence-corrected chi connectivity index (χ2v) is 10.0. The monoisotopic (exact) mass is 532 g/mol. The zero-order chi connectivity index (χ0) is 25.8. The Morgan fingerprint density at radius 2 is 1.81 bits per heavy atom. The van der Waals surface area contributed by atoms with Crippen LogP contribution in [-0.4, -0.2) is 42.5 Å². The molecule has 1 aromatic carbocycles. The molecule has 3 heterocycles. The molecule has 10 heteroatoms. The van der Waals surface area contributed by atoms with Crippen LogP contribution in [0.2, 0.25) is 10.0 Å².